The summed E-state index contributed by atoms with van der Waals surface area (Å²) in [5.41, 5.74) is 1.64. The van der Waals surface area contributed by atoms with Gasteiger partial charge in [0.05, 0.1) is 5.60 Å². The van der Waals surface area contributed by atoms with Gasteiger partial charge in [-0.2, -0.15) is 60.7 Å². The first-order valence-corrected chi connectivity index (χ1v) is 9.37. The summed E-state index contributed by atoms with van der Waals surface area (Å²) in [6.07, 6.45) is 0. The maximum Gasteiger partial charge on any atom is 2.00 e. The minimum atomic E-state index is -1.06. The summed E-state index contributed by atoms with van der Waals surface area (Å²) in [7, 11) is 0. The van der Waals surface area contributed by atoms with E-state index in [0.29, 0.717) is 0 Å². The van der Waals surface area contributed by atoms with E-state index < -0.39 is 5.60 Å². The van der Waals surface area contributed by atoms with E-state index >= 15 is 0 Å². The molecule has 0 aliphatic carbocycles. The molecule has 0 spiro atoms. The van der Waals surface area contributed by atoms with Crippen LogP contribution in [0.2, 0.25) is 0 Å². The van der Waals surface area contributed by atoms with E-state index in [2.05, 4.69) is 0 Å². The molecule has 30 heavy (non-hydrogen) atoms. The van der Waals surface area contributed by atoms with Crippen molar-refractivity contribution in [3.05, 3.63) is 156 Å². The Morgan fingerprint density at radius 1 is 0.533 bits per heavy atom. The van der Waals surface area contributed by atoms with E-state index in [1.165, 1.54) is 0 Å². The van der Waals surface area contributed by atoms with Crippen LogP contribution in [0.15, 0.2) is 140 Å². The number of rotatable bonds is 3. The van der Waals surface area contributed by atoms with Crippen molar-refractivity contribution in [2.24, 2.45) is 0 Å². The van der Waals surface area contributed by atoms with Gasteiger partial charge in [-0.05, 0) is 5.56 Å². The van der Waals surface area contributed by atoms with Gasteiger partial charge in [0.15, 0.2) is 0 Å². The zero-order valence-corrected chi connectivity index (χ0v) is 18.6. The summed E-state index contributed by atoms with van der Waals surface area (Å²) in [6, 6.07) is 45.4. The second kappa shape index (κ2) is 13.8. The van der Waals surface area contributed by atoms with Crippen molar-refractivity contribution in [3.8, 4) is 0 Å². The fraction of sp³-hybridized carbons (Fsp3) is 0.0370. The molecule has 0 saturated carbocycles. The largest absolute Gasteiger partial charge is 2.00 e. The SMILES string of the molecule is OC(c1ccccc1)([c-]1cccc1)[c-]1cccc1.[Fe+2].[Fe+2].c1cc[cH-]c1.c1cc[cH-]c1. The molecule has 154 valence electrons. The van der Waals surface area contributed by atoms with E-state index in [-0.39, 0.29) is 34.1 Å². The number of aliphatic hydroxyl groups is 1. The van der Waals surface area contributed by atoms with Crippen LogP contribution in [0, 0.1) is 0 Å². The first-order chi connectivity index (χ1) is 13.8. The average molecular weight is 476 g/mol. The molecule has 0 fully saturated rings. The van der Waals surface area contributed by atoms with Gasteiger partial charge >= 0.3 is 34.1 Å². The monoisotopic (exact) mass is 476 g/mol. The summed E-state index contributed by atoms with van der Waals surface area (Å²) < 4.78 is 0. The Labute approximate surface area is 200 Å². The quantitative estimate of drug-likeness (QED) is 0.243. The minimum absolute atomic E-state index is 0. The van der Waals surface area contributed by atoms with Crippen LogP contribution in [0.3, 0.4) is 0 Å². The van der Waals surface area contributed by atoms with Crippen molar-refractivity contribution in [2.45, 2.75) is 5.60 Å². The maximum absolute atomic E-state index is 11.2. The average Bonchev–Trinajstić information content (AvgIpc) is 3.59. The molecule has 1 nitrogen and oxygen atoms in total. The van der Waals surface area contributed by atoms with Crippen molar-refractivity contribution in [1.29, 1.82) is 0 Å². The third-order valence-electron chi connectivity index (χ3n) is 4.46. The molecular weight excluding hydrogens is 452 g/mol. The van der Waals surface area contributed by atoms with Crippen molar-refractivity contribution < 1.29 is 39.2 Å². The molecule has 0 radical (unpaired) electrons. The molecule has 0 aliphatic heterocycles. The first kappa shape index (κ1) is 25.7. The summed E-state index contributed by atoms with van der Waals surface area (Å²) >= 11 is 0. The molecule has 1 N–H and O–H groups in total. The Morgan fingerprint density at radius 3 is 1.20 bits per heavy atom. The van der Waals surface area contributed by atoms with Crippen LogP contribution in [-0.4, -0.2) is 5.11 Å². The molecule has 0 heterocycles. The van der Waals surface area contributed by atoms with E-state index in [9.17, 15) is 5.11 Å². The van der Waals surface area contributed by atoms with Crippen LogP contribution in [0.4, 0.5) is 0 Å². The van der Waals surface area contributed by atoms with E-state index in [0.717, 1.165) is 16.7 Å². The molecule has 5 aromatic carbocycles. The zero-order chi connectivity index (χ0) is 19.5. The fourth-order valence-electron chi connectivity index (χ4n) is 3.05. The van der Waals surface area contributed by atoms with E-state index in [1.807, 2.05) is 140 Å². The molecule has 0 aliphatic rings. The summed E-state index contributed by atoms with van der Waals surface area (Å²) in [4.78, 5) is 0. The Balaban J connectivity index is 0.000000310. The number of hydrogen-bond acceptors (Lipinski definition) is 1. The Bertz CT molecular complexity index is 854. The van der Waals surface area contributed by atoms with E-state index in [4.69, 9.17) is 0 Å². The third kappa shape index (κ3) is 6.85. The molecule has 0 amide bonds. The maximum atomic E-state index is 11.2. The predicted molar refractivity (Wildman–Crippen MR) is 117 cm³/mol. The standard InChI is InChI=1S/C17H14O.2C5H5.2Fe/c18-17(15-10-4-5-11-15,16-12-6-7-13-16)14-8-2-1-3-9-14;2*1-2-4-5-3-1;;/h1-13,18H;2*1-5H;;/q-2;2*-1;2*+2. The third-order valence-corrected chi connectivity index (χ3v) is 4.46. The Hall–Kier alpha value is -2.38. The van der Waals surface area contributed by atoms with Gasteiger partial charge in [-0.15, -0.1) is 11.1 Å². The molecule has 0 saturated heterocycles. The zero-order valence-electron chi connectivity index (χ0n) is 16.4. The molecule has 0 bridgehead atoms. The van der Waals surface area contributed by atoms with Crippen molar-refractivity contribution in [3.63, 3.8) is 0 Å². The van der Waals surface area contributed by atoms with Crippen LogP contribution in [0.1, 0.15) is 16.7 Å². The van der Waals surface area contributed by atoms with Gasteiger partial charge in [0.1, 0.15) is 0 Å². The molecule has 5 rings (SSSR count). The summed E-state index contributed by atoms with van der Waals surface area (Å²) in [5, 5.41) is 11.2. The van der Waals surface area contributed by atoms with Gasteiger partial charge in [-0.25, -0.2) is 48.5 Å². The van der Waals surface area contributed by atoms with Crippen LogP contribution in [0.25, 0.3) is 0 Å². The van der Waals surface area contributed by atoms with Crippen molar-refractivity contribution >= 4 is 0 Å². The summed E-state index contributed by atoms with van der Waals surface area (Å²) in [5.74, 6) is 0. The Morgan fingerprint density at radius 2 is 0.900 bits per heavy atom. The van der Waals surface area contributed by atoms with E-state index in [1.54, 1.807) is 0 Å². The van der Waals surface area contributed by atoms with Crippen LogP contribution in [0.5, 0.6) is 0 Å². The fourth-order valence-corrected chi connectivity index (χ4v) is 3.05. The number of benzene rings is 1. The topological polar surface area (TPSA) is 20.2 Å². The van der Waals surface area contributed by atoms with Gasteiger partial charge in [0.2, 0.25) is 0 Å². The van der Waals surface area contributed by atoms with Crippen molar-refractivity contribution in [2.75, 3.05) is 0 Å². The smallest absolute Gasteiger partial charge is 0.401 e. The molecule has 0 unspecified atom stereocenters. The summed E-state index contributed by atoms with van der Waals surface area (Å²) in [6.45, 7) is 0. The van der Waals surface area contributed by atoms with Gasteiger partial charge in [0.25, 0.3) is 0 Å². The van der Waals surface area contributed by atoms with Crippen LogP contribution in [-0.2, 0) is 39.7 Å². The first-order valence-electron chi connectivity index (χ1n) is 9.37. The molecule has 5 aromatic rings. The second-order valence-electron chi connectivity index (χ2n) is 6.35. The number of hydrogen-bond donors (Lipinski definition) is 1. The predicted octanol–water partition coefficient (Wildman–Crippen LogP) is 6.21. The van der Waals surface area contributed by atoms with Gasteiger partial charge in [-0.1, -0.05) is 30.3 Å². The van der Waals surface area contributed by atoms with Gasteiger partial charge in [0, 0.05) is 0 Å². The molecular formula is C27H24Fe2O. The van der Waals surface area contributed by atoms with Crippen LogP contribution >= 0.6 is 0 Å². The molecule has 3 heteroatoms. The van der Waals surface area contributed by atoms with Gasteiger partial charge in [-0.3, -0.25) is 0 Å². The van der Waals surface area contributed by atoms with Crippen molar-refractivity contribution in [1.82, 2.24) is 0 Å². The second-order valence-corrected chi connectivity index (χ2v) is 6.35. The van der Waals surface area contributed by atoms with Crippen LogP contribution < -0.4 is 0 Å². The normalized spacial score (nSPS) is 9.63. The molecule has 0 atom stereocenters. The van der Waals surface area contributed by atoms with Gasteiger partial charge < -0.3 is 5.11 Å². The Kier molecular flexibility index (Phi) is 11.8. The molecule has 0 aromatic heterocycles. The minimum Gasteiger partial charge on any atom is -0.401 e.